The van der Waals surface area contributed by atoms with Crippen molar-refractivity contribution in [1.29, 1.82) is 0 Å². The van der Waals surface area contributed by atoms with Gasteiger partial charge in [0.15, 0.2) is 0 Å². The number of Topliss-reactive ketones (excluding diaryl/α,β-unsaturated/α-hetero) is 2. The Morgan fingerprint density at radius 1 is 0.756 bits per heavy atom. The minimum absolute atomic E-state index is 0.0352. The monoisotopic (exact) mass is 606 g/mol. The topological polar surface area (TPSA) is 118 Å². The Morgan fingerprint density at radius 3 is 1.68 bits per heavy atom. The van der Waals surface area contributed by atoms with Crippen LogP contribution < -0.4 is 9.08 Å². The average molecular weight is 607 g/mol. The number of ketones is 2. The third-order valence-corrected chi connectivity index (χ3v) is 15.5. The number of sulfonamides is 1. The van der Waals surface area contributed by atoms with Gasteiger partial charge in [0.25, 0.3) is 0 Å². The molecule has 5 fully saturated rings. The normalized spacial score (nSPS) is 34.5. The van der Waals surface area contributed by atoms with E-state index in [2.05, 4.69) is 18.7 Å². The van der Waals surface area contributed by atoms with Crippen molar-refractivity contribution >= 4 is 37.4 Å². The highest BCUT2D eigenvalue weighted by atomic mass is 32.2. The van der Waals surface area contributed by atoms with Crippen molar-refractivity contribution in [2.45, 2.75) is 66.2 Å². The number of carbonyl (C=O) groups is 2. The van der Waals surface area contributed by atoms with Crippen molar-refractivity contribution in [2.75, 3.05) is 42.6 Å². The second-order valence-corrected chi connectivity index (χ2v) is 17.8. The third kappa shape index (κ3) is 4.31. The van der Waals surface area contributed by atoms with Crippen LogP contribution >= 0.6 is 0 Å². The van der Waals surface area contributed by atoms with Crippen LogP contribution in [0.3, 0.4) is 0 Å². The third-order valence-electron chi connectivity index (χ3n) is 12.2. The van der Waals surface area contributed by atoms with Gasteiger partial charge in [-0.15, -0.1) is 0 Å². The lowest BCUT2D eigenvalue weighted by Crippen LogP contribution is -2.52. The number of anilines is 1. The van der Waals surface area contributed by atoms with Gasteiger partial charge in [-0.2, -0.15) is 12.7 Å². The van der Waals surface area contributed by atoms with E-state index in [1.54, 1.807) is 24.3 Å². The molecule has 4 saturated carbocycles. The van der Waals surface area contributed by atoms with E-state index < -0.39 is 31.0 Å². The zero-order chi connectivity index (χ0) is 29.6. The van der Waals surface area contributed by atoms with Crippen molar-refractivity contribution in [2.24, 2.45) is 33.5 Å². The molecule has 9 nitrogen and oxygen atoms in total. The molecule has 6 rings (SSSR count). The van der Waals surface area contributed by atoms with Crippen LogP contribution in [-0.2, 0) is 29.7 Å². The number of carbonyl (C=O) groups excluding carboxylic acids is 2. The quantitative estimate of drug-likeness (QED) is 0.412. The molecule has 41 heavy (non-hydrogen) atoms. The minimum atomic E-state index is -3.99. The predicted octanol–water partition coefficient (Wildman–Crippen LogP) is 3.64. The highest BCUT2D eigenvalue weighted by molar-refractivity contribution is 7.89. The Morgan fingerprint density at radius 2 is 1.24 bits per heavy atom. The van der Waals surface area contributed by atoms with Gasteiger partial charge in [-0.05, 0) is 72.6 Å². The van der Waals surface area contributed by atoms with E-state index in [0.717, 1.165) is 18.5 Å². The molecule has 1 heterocycles. The molecule has 4 unspecified atom stereocenters. The van der Waals surface area contributed by atoms with Gasteiger partial charge in [0.1, 0.15) is 17.3 Å². The lowest BCUT2D eigenvalue weighted by molar-refractivity contribution is -0.128. The molecule has 4 atom stereocenters. The van der Waals surface area contributed by atoms with Gasteiger partial charge in [-0.25, -0.2) is 8.42 Å². The SMILES string of the molecule is CC1(C)C2CCC1(CS(=O)(=O)Oc1ccc(N3CCN(S(=O)(=O)CC45CCC(CC4=O)C5(C)C)CC3)cc1)C(=O)C2. The summed E-state index contributed by atoms with van der Waals surface area (Å²) >= 11 is 0. The largest absolute Gasteiger partial charge is 0.382 e. The van der Waals surface area contributed by atoms with Gasteiger partial charge in [0, 0.05) is 50.1 Å². The smallest absolute Gasteiger partial charge is 0.310 e. The number of benzene rings is 1. The van der Waals surface area contributed by atoms with Crippen LogP contribution in [0.1, 0.15) is 66.2 Å². The average Bonchev–Trinajstić information content (AvgIpc) is 3.42. The Bertz CT molecular complexity index is 1480. The number of hydrogen-bond acceptors (Lipinski definition) is 8. The summed E-state index contributed by atoms with van der Waals surface area (Å²) in [7, 11) is -7.58. The fraction of sp³-hybridized carbons (Fsp3) is 0.733. The van der Waals surface area contributed by atoms with Crippen LogP contribution in [0, 0.1) is 33.5 Å². The maximum Gasteiger partial charge on any atom is 0.310 e. The van der Waals surface area contributed by atoms with E-state index in [0.29, 0.717) is 51.9 Å². The Labute approximate surface area is 244 Å². The molecular weight excluding hydrogens is 564 g/mol. The van der Waals surface area contributed by atoms with E-state index in [4.69, 9.17) is 4.18 Å². The van der Waals surface area contributed by atoms with Gasteiger partial charge in [-0.3, -0.25) is 9.59 Å². The molecule has 1 aromatic rings. The summed E-state index contributed by atoms with van der Waals surface area (Å²) in [5.41, 5.74) is -1.46. The van der Waals surface area contributed by atoms with Crippen LogP contribution in [0.5, 0.6) is 5.75 Å². The number of nitrogens with zero attached hydrogens (tertiary/aromatic N) is 2. The van der Waals surface area contributed by atoms with Gasteiger partial charge < -0.3 is 9.08 Å². The second kappa shape index (κ2) is 9.26. The minimum Gasteiger partial charge on any atom is -0.382 e. The Kier molecular flexibility index (Phi) is 6.57. The van der Waals surface area contributed by atoms with E-state index in [1.807, 2.05) is 13.8 Å². The molecule has 4 aliphatic carbocycles. The van der Waals surface area contributed by atoms with Crippen molar-refractivity contribution < 1.29 is 30.6 Å². The molecule has 0 N–H and O–H groups in total. The van der Waals surface area contributed by atoms with Crippen molar-refractivity contribution in [3.8, 4) is 5.75 Å². The molecule has 4 bridgehead atoms. The van der Waals surface area contributed by atoms with Gasteiger partial charge in [0.05, 0.1) is 16.9 Å². The van der Waals surface area contributed by atoms with Crippen molar-refractivity contribution in [3.63, 3.8) is 0 Å². The highest BCUT2D eigenvalue weighted by Crippen LogP contribution is 2.65. The zero-order valence-corrected chi connectivity index (χ0v) is 26.2. The molecule has 0 spiro atoms. The first kappa shape index (κ1) is 29.1. The van der Waals surface area contributed by atoms with E-state index in [9.17, 15) is 26.4 Å². The van der Waals surface area contributed by atoms with Crippen LogP contribution in [0.25, 0.3) is 0 Å². The maximum atomic E-state index is 13.5. The standard InChI is InChI=1S/C30H42N2O7S2/c1-27(2)21-9-11-29(27,25(33)17-21)19-40(35,36)32-15-13-31(14-16-32)23-5-7-24(8-6-23)39-41(37,38)20-30-12-10-22(18-26(30)34)28(30,3)4/h5-8,21-22H,9-20H2,1-4H3. The number of piperazine rings is 1. The van der Waals surface area contributed by atoms with Crippen LogP contribution in [0.15, 0.2) is 24.3 Å². The fourth-order valence-electron chi connectivity index (χ4n) is 9.03. The Hall–Kier alpha value is -1.98. The summed E-state index contributed by atoms with van der Waals surface area (Å²) in [5.74, 6) is 0.437. The molecule has 1 aromatic carbocycles. The zero-order valence-electron chi connectivity index (χ0n) is 24.5. The van der Waals surface area contributed by atoms with Gasteiger partial charge in [0.2, 0.25) is 10.0 Å². The van der Waals surface area contributed by atoms with Crippen LogP contribution in [0.2, 0.25) is 0 Å². The summed E-state index contributed by atoms with van der Waals surface area (Å²) in [6.07, 6.45) is 3.97. The van der Waals surface area contributed by atoms with Crippen LogP contribution in [0.4, 0.5) is 5.69 Å². The van der Waals surface area contributed by atoms with Crippen molar-refractivity contribution in [3.05, 3.63) is 24.3 Å². The first-order valence-corrected chi connectivity index (χ1v) is 18.0. The molecule has 1 saturated heterocycles. The molecule has 0 amide bonds. The molecule has 226 valence electrons. The molecule has 11 heteroatoms. The molecule has 0 radical (unpaired) electrons. The van der Waals surface area contributed by atoms with E-state index in [1.165, 1.54) is 4.31 Å². The molecule has 0 aromatic heterocycles. The number of fused-ring (bicyclic) bond motifs is 4. The summed E-state index contributed by atoms with van der Waals surface area (Å²) < 4.78 is 60.0. The Balaban J connectivity index is 1.07. The number of rotatable bonds is 8. The highest BCUT2D eigenvalue weighted by Gasteiger charge is 2.66. The lowest BCUT2D eigenvalue weighted by Gasteiger charge is -2.40. The molecule has 1 aliphatic heterocycles. The maximum absolute atomic E-state index is 13.5. The summed E-state index contributed by atoms with van der Waals surface area (Å²) in [5, 5.41) is 0. The molecular formula is C30H42N2O7S2. The van der Waals surface area contributed by atoms with Gasteiger partial charge >= 0.3 is 10.1 Å². The van der Waals surface area contributed by atoms with E-state index >= 15 is 0 Å². The van der Waals surface area contributed by atoms with E-state index in [-0.39, 0.29) is 51.5 Å². The second-order valence-electron chi connectivity index (χ2n) is 14.3. The fourth-order valence-corrected chi connectivity index (χ4v) is 13.0. The lowest BCUT2D eigenvalue weighted by atomic mass is 9.70. The summed E-state index contributed by atoms with van der Waals surface area (Å²) in [4.78, 5) is 27.7. The van der Waals surface area contributed by atoms with Crippen LogP contribution in [-0.4, -0.2) is 70.4 Å². The van der Waals surface area contributed by atoms with Crippen molar-refractivity contribution in [1.82, 2.24) is 4.31 Å². The first-order valence-electron chi connectivity index (χ1n) is 14.8. The summed E-state index contributed by atoms with van der Waals surface area (Å²) in [6.45, 7) is 9.76. The predicted molar refractivity (Wildman–Crippen MR) is 156 cm³/mol. The molecule has 5 aliphatic rings. The van der Waals surface area contributed by atoms with Gasteiger partial charge in [-0.1, -0.05) is 27.7 Å². The first-order chi connectivity index (χ1) is 19.0. The number of hydrogen-bond donors (Lipinski definition) is 0. The summed E-state index contributed by atoms with van der Waals surface area (Å²) in [6, 6.07) is 6.77.